The van der Waals surface area contributed by atoms with Gasteiger partial charge in [-0.1, -0.05) is 18.2 Å². The zero-order chi connectivity index (χ0) is 18.0. The molecule has 6 nitrogen and oxygen atoms in total. The van der Waals surface area contributed by atoms with Crippen LogP contribution < -0.4 is 11.2 Å². The van der Waals surface area contributed by atoms with E-state index >= 15 is 0 Å². The van der Waals surface area contributed by atoms with Crippen LogP contribution in [-0.2, 0) is 26.4 Å². The molecule has 0 amide bonds. The highest BCUT2D eigenvalue weighted by Crippen LogP contribution is 2.16. The van der Waals surface area contributed by atoms with Crippen molar-refractivity contribution in [3.8, 4) is 0 Å². The summed E-state index contributed by atoms with van der Waals surface area (Å²) in [4.78, 5) is 29.0. The number of aromatic nitrogens is 4. The van der Waals surface area contributed by atoms with Crippen molar-refractivity contribution in [1.82, 2.24) is 18.7 Å². The number of halogens is 1. The predicted molar refractivity (Wildman–Crippen MR) is 97.4 cm³/mol. The van der Waals surface area contributed by atoms with Crippen LogP contribution in [0.2, 0.25) is 0 Å². The Labute approximate surface area is 147 Å². The monoisotopic (exact) mass is 362 g/mol. The first kappa shape index (κ1) is 17.5. The Kier molecular flexibility index (Phi) is 5.08. The van der Waals surface area contributed by atoms with Gasteiger partial charge in [0.05, 0.1) is 6.33 Å². The Balaban J connectivity index is 1.68. The zero-order valence-electron chi connectivity index (χ0n) is 14.1. The van der Waals surface area contributed by atoms with Crippen LogP contribution in [0.15, 0.2) is 40.2 Å². The molecule has 0 aliphatic carbocycles. The molecule has 2 aromatic heterocycles. The van der Waals surface area contributed by atoms with Crippen molar-refractivity contribution in [2.75, 3.05) is 5.75 Å². The molecule has 0 saturated carbocycles. The predicted octanol–water partition coefficient (Wildman–Crippen LogP) is 1.90. The van der Waals surface area contributed by atoms with Crippen LogP contribution in [-0.4, -0.2) is 24.4 Å². The number of rotatable bonds is 6. The summed E-state index contributed by atoms with van der Waals surface area (Å²) in [6, 6.07) is 6.69. The van der Waals surface area contributed by atoms with Gasteiger partial charge in [-0.3, -0.25) is 13.9 Å². The number of hydrogen-bond donors (Lipinski definition) is 0. The first-order valence-corrected chi connectivity index (χ1v) is 9.08. The topological polar surface area (TPSA) is 61.8 Å². The van der Waals surface area contributed by atoms with Gasteiger partial charge in [-0.15, -0.1) is 0 Å². The molecule has 8 heteroatoms. The molecule has 25 heavy (non-hydrogen) atoms. The molecular weight excluding hydrogens is 343 g/mol. The molecule has 0 saturated heterocycles. The molecule has 0 bridgehead atoms. The van der Waals surface area contributed by atoms with Crippen LogP contribution in [0.25, 0.3) is 11.2 Å². The van der Waals surface area contributed by atoms with E-state index in [-0.39, 0.29) is 17.1 Å². The van der Waals surface area contributed by atoms with E-state index in [1.54, 1.807) is 42.6 Å². The second-order valence-corrected chi connectivity index (χ2v) is 6.93. The zero-order valence-corrected chi connectivity index (χ0v) is 14.9. The third-order valence-corrected chi connectivity index (χ3v) is 5.18. The standard InChI is InChI=1S/C17H19FN4O2S/c1-20-11-19-15-14(20)16(23)22(17(24)21(15)2)8-5-9-25-10-12-6-3-4-7-13(12)18/h3-4,6-7,11H,5,8-10H2,1-2H3. The summed E-state index contributed by atoms with van der Waals surface area (Å²) in [5.74, 6) is 1.09. The molecule has 0 fully saturated rings. The summed E-state index contributed by atoms with van der Waals surface area (Å²) in [7, 11) is 3.34. The Bertz CT molecular complexity index is 1020. The van der Waals surface area contributed by atoms with E-state index in [0.717, 1.165) is 5.75 Å². The third-order valence-electron chi connectivity index (χ3n) is 4.09. The van der Waals surface area contributed by atoms with Crippen molar-refractivity contribution in [1.29, 1.82) is 0 Å². The Morgan fingerprint density at radius 3 is 2.72 bits per heavy atom. The van der Waals surface area contributed by atoms with E-state index < -0.39 is 0 Å². The van der Waals surface area contributed by atoms with Gasteiger partial charge in [-0.25, -0.2) is 14.2 Å². The lowest BCUT2D eigenvalue weighted by molar-refractivity contribution is 0.594. The molecule has 132 valence electrons. The molecular formula is C17H19FN4O2S. The highest BCUT2D eigenvalue weighted by Gasteiger charge is 2.14. The largest absolute Gasteiger partial charge is 0.332 e. The van der Waals surface area contributed by atoms with E-state index in [1.165, 1.54) is 21.5 Å². The van der Waals surface area contributed by atoms with Gasteiger partial charge >= 0.3 is 5.69 Å². The van der Waals surface area contributed by atoms with E-state index in [4.69, 9.17) is 0 Å². The van der Waals surface area contributed by atoms with Crippen LogP contribution in [0.5, 0.6) is 0 Å². The lowest BCUT2D eigenvalue weighted by atomic mass is 10.2. The molecule has 3 rings (SSSR count). The maximum Gasteiger partial charge on any atom is 0.332 e. The number of nitrogens with zero attached hydrogens (tertiary/aromatic N) is 4. The summed E-state index contributed by atoms with van der Waals surface area (Å²) < 4.78 is 17.8. The number of hydrogen-bond acceptors (Lipinski definition) is 4. The first-order chi connectivity index (χ1) is 12.0. The fraction of sp³-hybridized carbons (Fsp3) is 0.353. The second kappa shape index (κ2) is 7.26. The molecule has 0 spiro atoms. The lowest BCUT2D eigenvalue weighted by Crippen LogP contribution is -2.39. The number of fused-ring (bicyclic) bond motifs is 1. The van der Waals surface area contributed by atoms with E-state index in [2.05, 4.69) is 4.98 Å². The normalized spacial score (nSPS) is 11.3. The maximum atomic E-state index is 13.6. The molecule has 0 unspecified atom stereocenters. The van der Waals surface area contributed by atoms with E-state index in [9.17, 15) is 14.0 Å². The van der Waals surface area contributed by atoms with Crippen LogP contribution >= 0.6 is 11.8 Å². The van der Waals surface area contributed by atoms with Gasteiger partial charge in [0.25, 0.3) is 5.56 Å². The van der Waals surface area contributed by atoms with Crippen molar-refractivity contribution >= 4 is 22.9 Å². The fourth-order valence-corrected chi connectivity index (χ4v) is 3.65. The average molecular weight is 362 g/mol. The highest BCUT2D eigenvalue weighted by molar-refractivity contribution is 7.98. The first-order valence-electron chi connectivity index (χ1n) is 7.92. The van der Waals surface area contributed by atoms with Crippen molar-refractivity contribution in [3.63, 3.8) is 0 Å². The van der Waals surface area contributed by atoms with Gasteiger partial charge in [0.15, 0.2) is 11.2 Å². The number of thioether (sulfide) groups is 1. The summed E-state index contributed by atoms with van der Waals surface area (Å²) in [5, 5.41) is 0. The minimum Gasteiger partial charge on any atom is -0.328 e. The molecule has 0 aliphatic rings. The number of imidazole rings is 1. The van der Waals surface area contributed by atoms with Gasteiger partial charge in [-0.2, -0.15) is 11.8 Å². The van der Waals surface area contributed by atoms with Crippen molar-refractivity contribution < 1.29 is 4.39 Å². The van der Waals surface area contributed by atoms with Crippen molar-refractivity contribution in [2.45, 2.75) is 18.7 Å². The highest BCUT2D eigenvalue weighted by atomic mass is 32.2. The fourth-order valence-electron chi connectivity index (χ4n) is 2.72. The van der Waals surface area contributed by atoms with Crippen LogP contribution in [0.3, 0.4) is 0 Å². The molecule has 1 aromatic carbocycles. The van der Waals surface area contributed by atoms with Crippen LogP contribution in [0.4, 0.5) is 4.39 Å². The minimum atomic E-state index is -0.365. The van der Waals surface area contributed by atoms with Gasteiger partial charge in [0.2, 0.25) is 0 Å². The molecule has 3 aromatic rings. The van der Waals surface area contributed by atoms with Crippen LogP contribution in [0.1, 0.15) is 12.0 Å². The van der Waals surface area contributed by atoms with Gasteiger partial charge in [-0.05, 0) is 23.8 Å². The molecule has 0 radical (unpaired) electrons. The average Bonchev–Trinajstić information content (AvgIpc) is 2.99. The van der Waals surface area contributed by atoms with Gasteiger partial charge in [0.1, 0.15) is 5.82 Å². The lowest BCUT2D eigenvalue weighted by Gasteiger charge is -2.08. The van der Waals surface area contributed by atoms with E-state index in [1.807, 2.05) is 6.07 Å². The number of aryl methyl sites for hydroxylation is 2. The van der Waals surface area contributed by atoms with E-state index in [0.29, 0.717) is 35.4 Å². The quantitative estimate of drug-likeness (QED) is 0.629. The third kappa shape index (κ3) is 3.39. The van der Waals surface area contributed by atoms with Gasteiger partial charge < -0.3 is 4.57 Å². The van der Waals surface area contributed by atoms with Crippen molar-refractivity contribution in [2.24, 2.45) is 14.1 Å². The SMILES string of the molecule is Cn1cnc2c1c(=O)n(CCCSCc1ccccc1F)c(=O)n2C. The minimum absolute atomic E-state index is 0.207. The summed E-state index contributed by atoms with van der Waals surface area (Å²) in [6.07, 6.45) is 2.18. The smallest absolute Gasteiger partial charge is 0.328 e. The summed E-state index contributed by atoms with van der Waals surface area (Å²) >= 11 is 1.58. The maximum absolute atomic E-state index is 13.6. The second-order valence-electron chi connectivity index (χ2n) is 5.82. The summed E-state index contributed by atoms with van der Waals surface area (Å²) in [5.41, 5.74) is 0.785. The van der Waals surface area contributed by atoms with Crippen molar-refractivity contribution in [3.05, 3.63) is 62.8 Å². The Morgan fingerprint density at radius 2 is 1.96 bits per heavy atom. The summed E-state index contributed by atoms with van der Waals surface area (Å²) in [6.45, 7) is 0.330. The molecule has 0 atom stereocenters. The van der Waals surface area contributed by atoms with Crippen LogP contribution in [0, 0.1) is 5.82 Å². The number of benzene rings is 1. The Morgan fingerprint density at radius 1 is 1.20 bits per heavy atom. The molecule has 0 N–H and O–H groups in total. The molecule has 2 heterocycles. The van der Waals surface area contributed by atoms with Gasteiger partial charge in [0, 0.05) is 26.4 Å². The Hall–Kier alpha value is -2.35. The molecule has 0 aliphatic heterocycles.